The number of benzene rings is 1. The van der Waals surface area contributed by atoms with Crippen molar-refractivity contribution in [3.8, 4) is 6.07 Å². The Bertz CT molecular complexity index is 562. The fraction of sp³-hybridized carbons (Fsp3) is 0.562. The Kier molecular flexibility index (Phi) is 8.03. The molecule has 0 amide bonds. The van der Waals surface area contributed by atoms with Crippen molar-refractivity contribution in [2.24, 2.45) is 0 Å². The Balaban J connectivity index is 2.36. The number of nitrogens with zero attached hydrogens (tertiary/aromatic N) is 1. The van der Waals surface area contributed by atoms with Gasteiger partial charge in [-0.15, -0.1) is 0 Å². The first-order valence-electron chi connectivity index (χ1n) is 7.60. The van der Waals surface area contributed by atoms with E-state index in [0.717, 1.165) is 19.3 Å². The predicted octanol–water partition coefficient (Wildman–Crippen LogP) is 3.59. The van der Waals surface area contributed by atoms with Crippen LogP contribution in [0.5, 0.6) is 0 Å². The highest BCUT2D eigenvalue weighted by atomic mass is 32.2. The number of unbranched alkanes of at least 4 members (excludes halogenated alkanes) is 6. The average Bonchev–Trinajstić information content (AvgIpc) is 2.50. The van der Waals surface area contributed by atoms with Crippen LogP contribution in [-0.4, -0.2) is 15.0 Å². The summed E-state index contributed by atoms with van der Waals surface area (Å²) in [7, 11) is -3.58. The van der Waals surface area contributed by atoms with E-state index in [1.807, 2.05) is 6.07 Å². The summed E-state index contributed by atoms with van der Waals surface area (Å²) in [6.07, 6.45) is 8.01. The number of rotatable bonds is 10. The third-order valence-electron chi connectivity index (χ3n) is 3.37. The summed E-state index contributed by atoms with van der Waals surface area (Å²) in [5, 5.41) is 8.95. The maximum absolute atomic E-state index is 12.1. The Morgan fingerprint density at radius 1 is 1.05 bits per heavy atom. The van der Waals surface area contributed by atoms with Crippen LogP contribution in [-0.2, 0) is 10.0 Å². The lowest BCUT2D eigenvalue weighted by atomic mass is 10.1. The third kappa shape index (κ3) is 6.28. The number of sulfonamides is 1. The highest BCUT2D eigenvalue weighted by Crippen LogP contribution is 2.14. The van der Waals surface area contributed by atoms with E-state index in [1.54, 1.807) is 12.1 Å². The molecule has 0 spiro atoms. The zero-order valence-electron chi connectivity index (χ0n) is 12.6. The maximum atomic E-state index is 12.1. The van der Waals surface area contributed by atoms with E-state index >= 15 is 0 Å². The molecule has 1 N–H and O–H groups in total. The van der Waals surface area contributed by atoms with Gasteiger partial charge in [-0.1, -0.05) is 57.6 Å². The van der Waals surface area contributed by atoms with Crippen LogP contribution < -0.4 is 4.72 Å². The van der Waals surface area contributed by atoms with Gasteiger partial charge in [-0.3, -0.25) is 0 Å². The summed E-state index contributed by atoms with van der Waals surface area (Å²) in [5.74, 6) is 0. The van der Waals surface area contributed by atoms with Crippen molar-refractivity contribution >= 4 is 10.0 Å². The fourth-order valence-electron chi connectivity index (χ4n) is 2.16. The van der Waals surface area contributed by atoms with Crippen LogP contribution >= 0.6 is 0 Å². The van der Waals surface area contributed by atoms with Crippen molar-refractivity contribution in [2.45, 2.75) is 56.8 Å². The number of nitriles is 1. The van der Waals surface area contributed by atoms with Gasteiger partial charge in [0.1, 0.15) is 6.07 Å². The second kappa shape index (κ2) is 9.54. The minimum Gasteiger partial charge on any atom is -0.211 e. The van der Waals surface area contributed by atoms with E-state index < -0.39 is 10.0 Å². The zero-order valence-corrected chi connectivity index (χ0v) is 13.5. The van der Waals surface area contributed by atoms with Crippen molar-refractivity contribution < 1.29 is 8.42 Å². The predicted molar refractivity (Wildman–Crippen MR) is 84.3 cm³/mol. The van der Waals surface area contributed by atoms with Crippen molar-refractivity contribution in [1.29, 1.82) is 5.26 Å². The molecule has 0 atom stereocenters. The third-order valence-corrected chi connectivity index (χ3v) is 4.89. The molecular weight excluding hydrogens is 284 g/mol. The smallest absolute Gasteiger partial charge is 0.211 e. The molecule has 4 nitrogen and oxygen atoms in total. The van der Waals surface area contributed by atoms with E-state index in [1.165, 1.54) is 37.8 Å². The lowest BCUT2D eigenvalue weighted by Crippen LogP contribution is -2.25. The summed E-state index contributed by atoms with van der Waals surface area (Å²) >= 11 is 0. The summed E-state index contributed by atoms with van der Waals surface area (Å²) in [4.78, 5) is 0.0652. The lowest BCUT2D eigenvalue weighted by Gasteiger charge is -2.08. The second-order valence-electron chi connectivity index (χ2n) is 5.13. The SMILES string of the molecule is CCCCCCCCCNS(=O)(=O)c1ccccc1C#N. The summed E-state index contributed by atoms with van der Waals surface area (Å²) < 4.78 is 26.8. The van der Waals surface area contributed by atoms with Crippen LogP contribution in [0, 0.1) is 11.3 Å². The van der Waals surface area contributed by atoms with Crippen molar-refractivity contribution in [3.63, 3.8) is 0 Å². The maximum Gasteiger partial charge on any atom is 0.241 e. The minimum atomic E-state index is -3.58. The van der Waals surface area contributed by atoms with Crippen LogP contribution in [0.15, 0.2) is 29.2 Å². The van der Waals surface area contributed by atoms with Crippen molar-refractivity contribution in [3.05, 3.63) is 29.8 Å². The van der Waals surface area contributed by atoms with Gasteiger partial charge >= 0.3 is 0 Å². The molecule has 5 heteroatoms. The van der Waals surface area contributed by atoms with E-state index in [2.05, 4.69) is 11.6 Å². The molecule has 0 bridgehead atoms. The van der Waals surface area contributed by atoms with Crippen LogP contribution in [0.25, 0.3) is 0 Å². The quantitative estimate of drug-likeness (QED) is 0.671. The van der Waals surface area contributed by atoms with Crippen molar-refractivity contribution in [2.75, 3.05) is 6.54 Å². The highest BCUT2D eigenvalue weighted by molar-refractivity contribution is 7.89. The Morgan fingerprint density at radius 3 is 2.33 bits per heavy atom. The topological polar surface area (TPSA) is 70.0 Å². The Hall–Kier alpha value is -1.38. The van der Waals surface area contributed by atoms with Crippen LogP contribution in [0.4, 0.5) is 0 Å². The molecule has 0 unspecified atom stereocenters. The molecule has 116 valence electrons. The van der Waals surface area contributed by atoms with Gasteiger partial charge in [-0.2, -0.15) is 5.26 Å². The van der Waals surface area contributed by atoms with Crippen LogP contribution in [0.2, 0.25) is 0 Å². The molecule has 0 radical (unpaired) electrons. The fourth-order valence-corrected chi connectivity index (χ4v) is 3.39. The lowest BCUT2D eigenvalue weighted by molar-refractivity contribution is 0.563. The average molecular weight is 308 g/mol. The number of hydrogen-bond acceptors (Lipinski definition) is 3. The zero-order chi connectivity index (χ0) is 15.6. The van der Waals surface area contributed by atoms with Crippen LogP contribution in [0.1, 0.15) is 57.4 Å². The van der Waals surface area contributed by atoms with Gasteiger partial charge in [0.15, 0.2) is 0 Å². The summed E-state index contributed by atoms with van der Waals surface area (Å²) in [5.41, 5.74) is 0.185. The molecule has 0 aromatic heterocycles. The van der Waals surface area contributed by atoms with Gasteiger partial charge in [-0.05, 0) is 18.6 Å². The molecule has 1 aromatic rings. The molecule has 0 saturated carbocycles. The first-order chi connectivity index (χ1) is 10.1. The first-order valence-corrected chi connectivity index (χ1v) is 9.09. The Morgan fingerprint density at radius 2 is 1.67 bits per heavy atom. The van der Waals surface area contributed by atoms with Crippen molar-refractivity contribution in [1.82, 2.24) is 4.72 Å². The molecule has 1 aromatic carbocycles. The monoisotopic (exact) mass is 308 g/mol. The number of nitrogens with one attached hydrogen (secondary N) is 1. The van der Waals surface area contributed by atoms with Gasteiger partial charge in [0.05, 0.1) is 10.5 Å². The van der Waals surface area contributed by atoms with Gasteiger partial charge in [0.2, 0.25) is 10.0 Å². The van der Waals surface area contributed by atoms with Gasteiger partial charge < -0.3 is 0 Å². The van der Waals surface area contributed by atoms with E-state index in [4.69, 9.17) is 5.26 Å². The van der Waals surface area contributed by atoms with E-state index in [0.29, 0.717) is 6.54 Å². The second-order valence-corrected chi connectivity index (χ2v) is 6.86. The van der Waals surface area contributed by atoms with Gasteiger partial charge in [0.25, 0.3) is 0 Å². The molecule has 0 aliphatic carbocycles. The normalized spacial score (nSPS) is 11.2. The molecule has 0 aliphatic rings. The molecule has 1 rings (SSSR count). The van der Waals surface area contributed by atoms with Gasteiger partial charge in [0, 0.05) is 6.54 Å². The molecular formula is C16H24N2O2S. The minimum absolute atomic E-state index is 0.0652. The largest absolute Gasteiger partial charge is 0.241 e. The van der Waals surface area contributed by atoms with Crippen LogP contribution in [0.3, 0.4) is 0 Å². The molecule has 0 saturated heterocycles. The molecule has 0 fully saturated rings. The van der Waals surface area contributed by atoms with E-state index in [9.17, 15) is 8.42 Å². The standard InChI is InChI=1S/C16H24N2O2S/c1-2-3-4-5-6-7-10-13-18-21(19,20)16-12-9-8-11-15(16)14-17/h8-9,11-12,18H,2-7,10,13H2,1H3. The molecule has 0 heterocycles. The number of hydrogen-bond donors (Lipinski definition) is 1. The molecule has 0 aliphatic heterocycles. The Labute approximate surface area is 128 Å². The summed E-state index contributed by atoms with van der Waals surface area (Å²) in [6.45, 7) is 2.61. The van der Waals surface area contributed by atoms with E-state index in [-0.39, 0.29) is 10.5 Å². The first kappa shape index (κ1) is 17.7. The summed E-state index contributed by atoms with van der Waals surface area (Å²) in [6, 6.07) is 8.18. The highest BCUT2D eigenvalue weighted by Gasteiger charge is 2.17. The molecule has 21 heavy (non-hydrogen) atoms. The van der Waals surface area contributed by atoms with Gasteiger partial charge in [-0.25, -0.2) is 13.1 Å².